The number of hydrogen-bond acceptors (Lipinski definition) is 3. The molecule has 64 valence electrons. The topological polar surface area (TPSA) is 64.4 Å². The lowest BCUT2D eigenvalue weighted by Gasteiger charge is -2.11. The van der Waals surface area contributed by atoms with Crippen molar-refractivity contribution in [1.29, 1.82) is 0 Å². The molecule has 1 amide bonds. The first-order chi connectivity index (χ1) is 5.29. The summed E-state index contributed by atoms with van der Waals surface area (Å²) < 4.78 is 5.19. The van der Waals surface area contributed by atoms with Crippen molar-refractivity contribution in [2.45, 2.75) is 18.9 Å². The molecule has 11 heavy (non-hydrogen) atoms. The first-order valence-corrected chi connectivity index (χ1v) is 3.88. The Balaban J connectivity index is 2.25. The Morgan fingerprint density at radius 2 is 2.45 bits per heavy atom. The van der Waals surface area contributed by atoms with Gasteiger partial charge in [0.1, 0.15) is 0 Å². The van der Waals surface area contributed by atoms with Crippen molar-refractivity contribution in [3.63, 3.8) is 0 Å². The summed E-state index contributed by atoms with van der Waals surface area (Å²) in [5.41, 5.74) is 5.05. The normalized spacial score (nSPS) is 26.0. The van der Waals surface area contributed by atoms with Crippen LogP contribution in [0.2, 0.25) is 0 Å². The van der Waals surface area contributed by atoms with Crippen LogP contribution in [0.3, 0.4) is 0 Å². The third kappa shape index (κ3) is 3.34. The highest BCUT2D eigenvalue weighted by Crippen LogP contribution is 2.00. The molecule has 1 atom stereocenters. The molecule has 1 rings (SSSR count). The summed E-state index contributed by atoms with van der Waals surface area (Å²) in [6.07, 6.45) is 1.30. The van der Waals surface area contributed by atoms with Crippen molar-refractivity contribution >= 4 is 5.91 Å². The van der Waals surface area contributed by atoms with Gasteiger partial charge in [0.25, 0.3) is 0 Å². The maximum Gasteiger partial charge on any atom is 0.218 e. The quantitative estimate of drug-likeness (QED) is 0.555. The summed E-state index contributed by atoms with van der Waals surface area (Å²) in [5.74, 6) is -0.246. The van der Waals surface area contributed by atoms with Crippen LogP contribution in [0.1, 0.15) is 12.8 Å². The van der Waals surface area contributed by atoms with E-state index < -0.39 is 0 Å². The van der Waals surface area contributed by atoms with Crippen LogP contribution in [0.4, 0.5) is 0 Å². The van der Waals surface area contributed by atoms with Gasteiger partial charge in [-0.2, -0.15) is 0 Å². The fraction of sp³-hybridized carbons (Fsp3) is 0.857. The minimum Gasteiger partial charge on any atom is -0.380 e. The van der Waals surface area contributed by atoms with Gasteiger partial charge in [-0.1, -0.05) is 0 Å². The van der Waals surface area contributed by atoms with Crippen LogP contribution >= 0.6 is 0 Å². The van der Waals surface area contributed by atoms with Crippen LogP contribution in [0.5, 0.6) is 0 Å². The maximum absolute atomic E-state index is 10.5. The van der Waals surface area contributed by atoms with Gasteiger partial charge in [0.15, 0.2) is 0 Å². The summed E-state index contributed by atoms with van der Waals surface area (Å²) in [6, 6.07) is 0.218. The van der Waals surface area contributed by atoms with Gasteiger partial charge in [0.2, 0.25) is 5.91 Å². The number of hydrogen-bond donors (Lipinski definition) is 2. The van der Waals surface area contributed by atoms with E-state index in [-0.39, 0.29) is 11.9 Å². The van der Waals surface area contributed by atoms with Gasteiger partial charge < -0.3 is 15.8 Å². The van der Waals surface area contributed by atoms with Gasteiger partial charge in [-0.3, -0.25) is 4.79 Å². The maximum atomic E-state index is 10.5. The van der Waals surface area contributed by atoms with E-state index in [9.17, 15) is 4.79 Å². The molecule has 3 N–H and O–H groups in total. The van der Waals surface area contributed by atoms with Gasteiger partial charge in [0.05, 0.1) is 6.61 Å². The molecule has 0 saturated carbocycles. The van der Waals surface area contributed by atoms with E-state index >= 15 is 0 Å². The SMILES string of the molecule is NC(=O)CC1CCOCCN1. The third-order valence-electron chi connectivity index (χ3n) is 1.74. The lowest BCUT2D eigenvalue weighted by atomic mass is 10.1. The molecule has 0 aliphatic carbocycles. The second kappa shape index (κ2) is 4.31. The summed E-state index contributed by atoms with van der Waals surface area (Å²) in [5, 5.41) is 3.19. The predicted octanol–water partition coefficient (Wildman–Crippen LogP) is -0.760. The van der Waals surface area contributed by atoms with Crippen molar-refractivity contribution in [3.8, 4) is 0 Å². The Labute approximate surface area is 66.1 Å². The van der Waals surface area contributed by atoms with Crippen LogP contribution in [0.25, 0.3) is 0 Å². The van der Waals surface area contributed by atoms with Crippen molar-refractivity contribution in [1.82, 2.24) is 5.32 Å². The minimum absolute atomic E-state index is 0.218. The zero-order chi connectivity index (χ0) is 8.10. The first-order valence-electron chi connectivity index (χ1n) is 3.88. The van der Waals surface area contributed by atoms with E-state index in [1.54, 1.807) is 0 Å². The van der Waals surface area contributed by atoms with E-state index in [4.69, 9.17) is 10.5 Å². The lowest BCUT2D eigenvalue weighted by molar-refractivity contribution is -0.118. The molecular formula is C7H14N2O2. The molecule has 1 unspecified atom stereocenters. The van der Waals surface area contributed by atoms with Crippen LogP contribution in [-0.2, 0) is 9.53 Å². The molecule has 0 bridgehead atoms. The fourth-order valence-corrected chi connectivity index (χ4v) is 1.18. The molecule has 0 aromatic carbocycles. The summed E-state index contributed by atoms with van der Waals surface area (Å²) >= 11 is 0. The van der Waals surface area contributed by atoms with Crippen molar-refractivity contribution in [2.75, 3.05) is 19.8 Å². The number of rotatable bonds is 2. The van der Waals surface area contributed by atoms with E-state index in [1.807, 2.05) is 0 Å². The fourth-order valence-electron chi connectivity index (χ4n) is 1.18. The van der Waals surface area contributed by atoms with E-state index in [2.05, 4.69) is 5.32 Å². The van der Waals surface area contributed by atoms with Gasteiger partial charge in [-0.15, -0.1) is 0 Å². The molecule has 4 heteroatoms. The van der Waals surface area contributed by atoms with Crippen LogP contribution < -0.4 is 11.1 Å². The van der Waals surface area contributed by atoms with Crippen molar-refractivity contribution < 1.29 is 9.53 Å². The Hall–Kier alpha value is -0.610. The minimum atomic E-state index is -0.246. The monoisotopic (exact) mass is 158 g/mol. The Morgan fingerprint density at radius 3 is 3.18 bits per heavy atom. The second-order valence-corrected chi connectivity index (χ2v) is 2.72. The van der Waals surface area contributed by atoms with Crippen LogP contribution in [-0.4, -0.2) is 31.7 Å². The molecule has 4 nitrogen and oxygen atoms in total. The first kappa shape index (κ1) is 8.49. The third-order valence-corrected chi connectivity index (χ3v) is 1.74. The summed E-state index contributed by atoms with van der Waals surface area (Å²) in [4.78, 5) is 10.5. The van der Waals surface area contributed by atoms with Gasteiger partial charge >= 0.3 is 0 Å². The molecule has 0 radical (unpaired) electrons. The average Bonchev–Trinajstić information content (AvgIpc) is 2.14. The van der Waals surface area contributed by atoms with Gasteiger partial charge in [0, 0.05) is 25.6 Å². The van der Waals surface area contributed by atoms with Crippen LogP contribution in [0.15, 0.2) is 0 Å². The second-order valence-electron chi connectivity index (χ2n) is 2.72. The highest BCUT2D eigenvalue weighted by atomic mass is 16.5. The highest BCUT2D eigenvalue weighted by Gasteiger charge is 2.13. The molecule has 0 aromatic rings. The van der Waals surface area contributed by atoms with Gasteiger partial charge in [-0.25, -0.2) is 0 Å². The number of primary amides is 1. The Kier molecular flexibility index (Phi) is 3.32. The number of nitrogens with two attached hydrogens (primary N) is 1. The Morgan fingerprint density at radius 1 is 1.64 bits per heavy atom. The largest absolute Gasteiger partial charge is 0.380 e. The zero-order valence-electron chi connectivity index (χ0n) is 6.51. The highest BCUT2D eigenvalue weighted by molar-refractivity contribution is 5.74. The zero-order valence-corrected chi connectivity index (χ0v) is 6.51. The van der Waals surface area contributed by atoms with Gasteiger partial charge in [-0.05, 0) is 6.42 Å². The van der Waals surface area contributed by atoms with Crippen LogP contribution in [0, 0.1) is 0 Å². The molecule has 0 spiro atoms. The average molecular weight is 158 g/mol. The van der Waals surface area contributed by atoms with E-state index in [0.717, 1.165) is 26.2 Å². The lowest BCUT2D eigenvalue weighted by Crippen LogP contribution is -2.33. The van der Waals surface area contributed by atoms with Crippen molar-refractivity contribution in [3.05, 3.63) is 0 Å². The molecule has 0 aromatic heterocycles. The molecule has 1 aliphatic heterocycles. The van der Waals surface area contributed by atoms with E-state index in [0.29, 0.717) is 6.42 Å². The molecule has 1 heterocycles. The summed E-state index contributed by atoms with van der Waals surface area (Å²) in [6.45, 7) is 2.28. The number of carbonyl (C=O) groups is 1. The molecule has 1 fully saturated rings. The molecule has 1 saturated heterocycles. The molecule has 1 aliphatic rings. The molecular weight excluding hydrogens is 144 g/mol. The number of carbonyl (C=O) groups excluding carboxylic acids is 1. The number of amides is 1. The number of nitrogens with one attached hydrogen (secondary N) is 1. The number of ether oxygens (including phenoxy) is 1. The predicted molar refractivity (Wildman–Crippen MR) is 41.0 cm³/mol. The smallest absolute Gasteiger partial charge is 0.218 e. The standard InChI is InChI=1S/C7H14N2O2/c8-7(10)5-6-1-3-11-4-2-9-6/h6,9H,1-5H2,(H2,8,10). The van der Waals surface area contributed by atoms with Crippen molar-refractivity contribution in [2.24, 2.45) is 5.73 Å². The summed E-state index contributed by atoms with van der Waals surface area (Å²) in [7, 11) is 0. The van der Waals surface area contributed by atoms with E-state index in [1.165, 1.54) is 0 Å². The Bertz CT molecular complexity index is 130.